The maximum atomic E-state index is 9.80. The first kappa shape index (κ1) is 10.7. The number of benzene rings is 1. The summed E-state index contributed by atoms with van der Waals surface area (Å²) in [5.74, 6) is 0.557. The standard InChI is InChI=1S/C11H12BrNO2/c12-10-7-3-1-2-4-9(7)15-11(10)8(14)5-6-13/h1-4,8,14H,5-6,13H2. The molecule has 3 N–H and O–H groups in total. The number of hydrogen-bond acceptors (Lipinski definition) is 3. The van der Waals surface area contributed by atoms with E-state index in [9.17, 15) is 5.11 Å². The number of aliphatic hydroxyl groups excluding tert-OH is 1. The lowest BCUT2D eigenvalue weighted by Crippen LogP contribution is -2.06. The van der Waals surface area contributed by atoms with Crippen LogP contribution in [0, 0.1) is 0 Å². The number of rotatable bonds is 3. The summed E-state index contributed by atoms with van der Waals surface area (Å²) in [6.45, 7) is 0.435. The first-order valence-electron chi connectivity index (χ1n) is 4.79. The molecule has 1 unspecified atom stereocenters. The predicted octanol–water partition coefficient (Wildman–Crippen LogP) is 2.58. The molecule has 2 rings (SSSR count). The number of halogens is 1. The Kier molecular flexibility index (Phi) is 3.09. The molecule has 0 fully saturated rings. The minimum Gasteiger partial charge on any atom is -0.457 e. The van der Waals surface area contributed by atoms with Crippen LogP contribution in [0.25, 0.3) is 11.0 Å². The maximum Gasteiger partial charge on any atom is 0.148 e. The number of aliphatic hydroxyl groups is 1. The molecule has 0 saturated heterocycles. The first-order valence-corrected chi connectivity index (χ1v) is 5.58. The van der Waals surface area contributed by atoms with E-state index in [0.717, 1.165) is 15.4 Å². The predicted molar refractivity (Wildman–Crippen MR) is 62.5 cm³/mol. The average Bonchev–Trinajstić information content (AvgIpc) is 2.57. The zero-order chi connectivity index (χ0) is 10.8. The molecule has 0 saturated carbocycles. The van der Waals surface area contributed by atoms with E-state index in [1.807, 2.05) is 24.3 Å². The van der Waals surface area contributed by atoms with Crippen LogP contribution in [-0.2, 0) is 0 Å². The molecule has 15 heavy (non-hydrogen) atoms. The molecule has 0 aliphatic carbocycles. The van der Waals surface area contributed by atoms with E-state index in [1.165, 1.54) is 0 Å². The van der Waals surface area contributed by atoms with Gasteiger partial charge in [0.1, 0.15) is 17.4 Å². The Morgan fingerprint density at radius 3 is 2.80 bits per heavy atom. The van der Waals surface area contributed by atoms with Crippen LogP contribution in [0.3, 0.4) is 0 Å². The van der Waals surface area contributed by atoms with Gasteiger partial charge in [-0.2, -0.15) is 0 Å². The van der Waals surface area contributed by atoms with E-state index in [2.05, 4.69) is 15.9 Å². The van der Waals surface area contributed by atoms with Crippen molar-refractivity contribution < 1.29 is 9.52 Å². The Labute approximate surface area is 96.0 Å². The number of fused-ring (bicyclic) bond motifs is 1. The second-order valence-corrected chi connectivity index (χ2v) is 4.16. The Bertz CT molecular complexity index is 467. The van der Waals surface area contributed by atoms with Crippen molar-refractivity contribution in [3.8, 4) is 0 Å². The Morgan fingerprint density at radius 2 is 2.13 bits per heavy atom. The lowest BCUT2D eigenvalue weighted by Gasteiger charge is -2.05. The van der Waals surface area contributed by atoms with Gasteiger partial charge in [0.15, 0.2) is 0 Å². The van der Waals surface area contributed by atoms with Gasteiger partial charge in [-0.25, -0.2) is 0 Å². The van der Waals surface area contributed by atoms with Crippen molar-refractivity contribution >= 4 is 26.9 Å². The molecule has 3 nitrogen and oxygen atoms in total. The highest BCUT2D eigenvalue weighted by Crippen LogP contribution is 2.35. The molecule has 0 radical (unpaired) electrons. The van der Waals surface area contributed by atoms with E-state index in [-0.39, 0.29) is 0 Å². The van der Waals surface area contributed by atoms with Crippen LogP contribution >= 0.6 is 15.9 Å². The molecular formula is C11H12BrNO2. The van der Waals surface area contributed by atoms with E-state index < -0.39 is 6.10 Å². The normalized spacial score (nSPS) is 13.3. The zero-order valence-corrected chi connectivity index (χ0v) is 9.70. The van der Waals surface area contributed by atoms with E-state index >= 15 is 0 Å². The zero-order valence-electron chi connectivity index (χ0n) is 8.11. The highest BCUT2D eigenvalue weighted by Gasteiger charge is 2.18. The van der Waals surface area contributed by atoms with E-state index in [1.54, 1.807) is 0 Å². The second-order valence-electron chi connectivity index (χ2n) is 3.37. The third-order valence-electron chi connectivity index (χ3n) is 2.30. The summed E-state index contributed by atoms with van der Waals surface area (Å²) >= 11 is 3.43. The summed E-state index contributed by atoms with van der Waals surface area (Å²) in [7, 11) is 0. The van der Waals surface area contributed by atoms with Gasteiger partial charge in [0, 0.05) is 5.39 Å². The van der Waals surface area contributed by atoms with Gasteiger partial charge in [0.05, 0.1) is 4.47 Å². The van der Waals surface area contributed by atoms with Crippen molar-refractivity contribution in [1.29, 1.82) is 0 Å². The van der Waals surface area contributed by atoms with Crippen molar-refractivity contribution in [3.63, 3.8) is 0 Å². The third-order valence-corrected chi connectivity index (χ3v) is 3.12. The maximum absolute atomic E-state index is 9.80. The van der Waals surface area contributed by atoms with Crippen LogP contribution in [-0.4, -0.2) is 11.7 Å². The lowest BCUT2D eigenvalue weighted by molar-refractivity contribution is 0.144. The van der Waals surface area contributed by atoms with Crippen molar-refractivity contribution in [2.24, 2.45) is 5.73 Å². The van der Waals surface area contributed by atoms with Crippen LogP contribution in [0.15, 0.2) is 33.2 Å². The van der Waals surface area contributed by atoms with Gasteiger partial charge in [-0.1, -0.05) is 12.1 Å². The topological polar surface area (TPSA) is 59.4 Å². The molecule has 80 valence electrons. The van der Waals surface area contributed by atoms with Crippen molar-refractivity contribution in [3.05, 3.63) is 34.5 Å². The SMILES string of the molecule is NCCC(O)c1oc2ccccc2c1Br. The van der Waals surface area contributed by atoms with Crippen LogP contribution in [0.1, 0.15) is 18.3 Å². The van der Waals surface area contributed by atoms with Crippen molar-refractivity contribution in [1.82, 2.24) is 0 Å². The second kappa shape index (κ2) is 4.35. The van der Waals surface area contributed by atoms with Crippen molar-refractivity contribution in [2.75, 3.05) is 6.54 Å². The van der Waals surface area contributed by atoms with Crippen LogP contribution in [0.5, 0.6) is 0 Å². The summed E-state index contributed by atoms with van der Waals surface area (Å²) in [5.41, 5.74) is 6.17. The van der Waals surface area contributed by atoms with Gasteiger partial charge in [0.25, 0.3) is 0 Å². The molecule has 0 aliphatic rings. The molecule has 2 aromatic rings. The molecule has 0 aliphatic heterocycles. The van der Waals surface area contributed by atoms with Crippen LogP contribution in [0.2, 0.25) is 0 Å². The fourth-order valence-electron chi connectivity index (χ4n) is 1.54. The van der Waals surface area contributed by atoms with Gasteiger partial charge in [-0.15, -0.1) is 0 Å². The average molecular weight is 270 g/mol. The molecule has 1 atom stereocenters. The summed E-state index contributed by atoms with van der Waals surface area (Å²) < 4.78 is 6.38. The summed E-state index contributed by atoms with van der Waals surface area (Å²) in [4.78, 5) is 0. The van der Waals surface area contributed by atoms with E-state index in [4.69, 9.17) is 10.2 Å². The summed E-state index contributed by atoms with van der Waals surface area (Å²) in [5, 5.41) is 10.8. The van der Waals surface area contributed by atoms with Gasteiger partial charge in [-0.3, -0.25) is 0 Å². The van der Waals surface area contributed by atoms with Gasteiger partial charge in [0.2, 0.25) is 0 Å². The molecule has 1 heterocycles. The number of para-hydroxylation sites is 1. The summed E-state index contributed by atoms with van der Waals surface area (Å²) in [6.07, 6.45) is -0.143. The smallest absolute Gasteiger partial charge is 0.148 e. The fraction of sp³-hybridized carbons (Fsp3) is 0.273. The third kappa shape index (κ3) is 1.93. The number of furan rings is 1. The Hall–Kier alpha value is -0.840. The highest BCUT2D eigenvalue weighted by atomic mass is 79.9. The Morgan fingerprint density at radius 1 is 1.40 bits per heavy atom. The van der Waals surface area contributed by atoms with E-state index in [0.29, 0.717) is 18.7 Å². The quantitative estimate of drug-likeness (QED) is 0.901. The minimum absolute atomic E-state index is 0.435. The molecule has 0 amide bonds. The molecule has 1 aromatic heterocycles. The van der Waals surface area contributed by atoms with Crippen molar-refractivity contribution in [2.45, 2.75) is 12.5 Å². The van der Waals surface area contributed by atoms with Crippen LogP contribution in [0.4, 0.5) is 0 Å². The van der Waals surface area contributed by atoms with Crippen LogP contribution < -0.4 is 5.73 Å². The fourth-order valence-corrected chi connectivity index (χ4v) is 2.21. The molecule has 0 spiro atoms. The molecule has 4 heteroatoms. The first-order chi connectivity index (χ1) is 7.24. The minimum atomic E-state index is -0.642. The van der Waals surface area contributed by atoms with Gasteiger partial charge < -0.3 is 15.3 Å². The largest absolute Gasteiger partial charge is 0.457 e. The number of hydrogen-bond donors (Lipinski definition) is 2. The summed E-state index contributed by atoms with van der Waals surface area (Å²) in [6, 6.07) is 7.65. The molecule has 1 aromatic carbocycles. The van der Waals surface area contributed by atoms with Gasteiger partial charge in [-0.05, 0) is 41.0 Å². The molecule has 0 bridgehead atoms. The molecular weight excluding hydrogens is 258 g/mol. The van der Waals surface area contributed by atoms with Gasteiger partial charge >= 0.3 is 0 Å². The monoisotopic (exact) mass is 269 g/mol. The number of nitrogens with two attached hydrogens (primary N) is 1. The highest BCUT2D eigenvalue weighted by molar-refractivity contribution is 9.10. The lowest BCUT2D eigenvalue weighted by atomic mass is 10.2. The Balaban J connectivity index is 2.48.